The van der Waals surface area contributed by atoms with E-state index in [4.69, 9.17) is 4.42 Å². The lowest BCUT2D eigenvalue weighted by molar-refractivity contribution is 0.0629. The maximum Gasteiger partial charge on any atom is 0.276 e. The molecule has 6 heteroatoms. The van der Waals surface area contributed by atoms with Gasteiger partial charge < -0.3 is 9.32 Å². The molecule has 0 aliphatic carbocycles. The minimum Gasteiger partial charge on any atom is -0.448 e. The summed E-state index contributed by atoms with van der Waals surface area (Å²) in [4.78, 5) is 35.0. The van der Waals surface area contributed by atoms with Crippen molar-refractivity contribution in [3.05, 3.63) is 47.9 Å². The molecule has 1 atom stereocenters. The molecule has 2 aromatic rings. The second kappa shape index (κ2) is 6.73. The van der Waals surface area contributed by atoms with Crippen molar-refractivity contribution in [1.82, 2.24) is 14.9 Å². The zero-order valence-corrected chi connectivity index (χ0v) is 13.1. The van der Waals surface area contributed by atoms with E-state index in [1.807, 2.05) is 6.92 Å². The van der Waals surface area contributed by atoms with E-state index in [1.54, 1.807) is 29.3 Å². The summed E-state index contributed by atoms with van der Waals surface area (Å²) in [6, 6.07) is 5.30. The molecule has 3 rings (SSSR count). The molecule has 1 aliphatic heterocycles. The molecule has 23 heavy (non-hydrogen) atoms. The lowest BCUT2D eigenvalue weighted by Crippen LogP contribution is -2.42. The number of aryl methyl sites for hydroxylation is 1. The highest BCUT2D eigenvalue weighted by Gasteiger charge is 2.31. The zero-order valence-electron chi connectivity index (χ0n) is 13.1. The predicted molar refractivity (Wildman–Crippen MR) is 83.1 cm³/mol. The Bertz CT molecular complexity index is 696. The molecule has 0 spiro atoms. The topological polar surface area (TPSA) is 76.3 Å². The molecular weight excluding hydrogens is 294 g/mol. The van der Waals surface area contributed by atoms with Gasteiger partial charge in [-0.3, -0.25) is 14.6 Å². The summed E-state index contributed by atoms with van der Waals surface area (Å²) in [6.07, 6.45) is 5.10. The van der Waals surface area contributed by atoms with Crippen molar-refractivity contribution in [2.45, 2.75) is 26.2 Å². The third-order valence-corrected chi connectivity index (χ3v) is 4.16. The van der Waals surface area contributed by atoms with E-state index in [2.05, 4.69) is 9.97 Å². The average molecular weight is 313 g/mol. The number of rotatable bonds is 4. The van der Waals surface area contributed by atoms with E-state index in [9.17, 15) is 9.59 Å². The van der Waals surface area contributed by atoms with Crippen molar-refractivity contribution in [1.29, 1.82) is 0 Å². The Morgan fingerprint density at radius 3 is 2.96 bits per heavy atom. The van der Waals surface area contributed by atoms with Crippen LogP contribution in [0.4, 0.5) is 0 Å². The van der Waals surface area contributed by atoms with E-state index in [0.29, 0.717) is 36.7 Å². The van der Waals surface area contributed by atoms with Gasteiger partial charge in [-0.25, -0.2) is 4.98 Å². The van der Waals surface area contributed by atoms with Crippen LogP contribution in [0.1, 0.15) is 46.5 Å². The van der Waals surface area contributed by atoms with E-state index < -0.39 is 0 Å². The first-order valence-corrected chi connectivity index (χ1v) is 7.87. The lowest BCUT2D eigenvalue weighted by atomic mass is 9.91. The molecule has 1 aliphatic rings. The molecule has 0 radical (unpaired) electrons. The third kappa shape index (κ3) is 3.16. The quantitative estimate of drug-likeness (QED) is 0.810. The molecule has 0 N–H and O–H groups in total. The number of carbonyl (C=O) groups is 2. The largest absolute Gasteiger partial charge is 0.448 e. The maximum atomic E-state index is 12.6. The number of nitrogens with zero attached hydrogens (tertiary/aromatic N) is 3. The number of pyridine rings is 1. The van der Waals surface area contributed by atoms with Gasteiger partial charge in [-0.1, -0.05) is 13.0 Å². The van der Waals surface area contributed by atoms with E-state index >= 15 is 0 Å². The van der Waals surface area contributed by atoms with Gasteiger partial charge in [-0.15, -0.1) is 0 Å². The third-order valence-electron chi connectivity index (χ3n) is 4.16. The highest BCUT2D eigenvalue weighted by atomic mass is 16.3. The van der Waals surface area contributed by atoms with E-state index in [0.717, 1.165) is 12.8 Å². The summed E-state index contributed by atoms with van der Waals surface area (Å²) >= 11 is 0. The number of oxazole rings is 1. The SMILES string of the molecule is CCc1ocnc1C(=O)N1CCCC(C(=O)c2ccccn2)C1. The zero-order chi connectivity index (χ0) is 16.2. The number of carbonyl (C=O) groups excluding carboxylic acids is 2. The summed E-state index contributed by atoms with van der Waals surface area (Å²) in [6.45, 7) is 2.96. The fourth-order valence-corrected chi connectivity index (χ4v) is 2.94. The van der Waals surface area contributed by atoms with Gasteiger partial charge in [0.05, 0.1) is 0 Å². The van der Waals surface area contributed by atoms with Crippen molar-refractivity contribution >= 4 is 11.7 Å². The Hall–Kier alpha value is -2.50. The number of ketones is 1. The molecule has 0 bridgehead atoms. The number of piperidine rings is 1. The summed E-state index contributed by atoms with van der Waals surface area (Å²) in [5.74, 6) is 0.223. The van der Waals surface area contributed by atoms with Crippen LogP contribution in [0.25, 0.3) is 0 Å². The van der Waals surface area contributed by atoms with Gasteiger partial charge in [-0.05, 0) is 25.0 Å². The molecule has 6 nitrogen and oxygen atoms in total. The van der Waals surface area contributed by atoms with E-state index in [-0.39, 0.29) is 17.6 Å². The first-order valence-electron chi connectivity index (χ1n) is 7.87. The maximum absolute atomic E-state index is 12.6. The molecule has 3 heterocycles. The molecule has 120 valence electrons. The van der Waals surface area contributed by atoms with Crippen LogP contribution in [-0.4, -0.2) is 39.6 Å². The monoisotopic (exact) mass is 313 g/mol. The first-order chi connectivity index (χ1) is 11.2. The van der Waals surface area contributed by atoms with Crippen molar-refractivity contribution < 1.29 is 14.0 Å². The highest BCUT2D eigenvalue weighted by Crippen LogP contribution is 2.22. The Balaban J connectivity index is 1.73. The fraction of sp³-hybridized carbons (Fsp3) is 0.412. The van der Waals surface area contributed by atoms with Gasteiger partial charge in [0.25, 0.3) is 5.91 Å². The smallest absolute Gasteiger partial charge is 0.276 e. The van der Waals surface area contributed by atoms with Crippen LogP contribution in [0.3, 0.4) is 0 Å². The molecule has 1 saturated heterocycles. The summed E-state index contributed by atoms with van der Waals surface area (Å²) in [7, 11) is 0. The first kappa shape index (κ1) is 15.4. The number of amides is 1. The number of aromatic nitrogens is 2. The molecule has 0 aromatic carbocycles. The van der Waals surface area contributed by atoms with Gasteiger partial charge in [0, 0.05) is 31.6 Å². The van der Waals surface area contributed by atoms with E-state index in [1.165, 1.54) is 6.39 Å². The van der Waals surface area contributed by atoms with Gasteiger partial charge in [0.1, 0.15) is 11.5 Å². The van der Waals surface area contributed by atoms with Crippen LogP contribution >= 0.6 is 0 Å². The minimum atomic E-state index is -0.209. The van der Waals surface area contributed by atoms with Crippen molar-refractivity contribution in [2.24, 2.45) is 5.92 Å². The summed E-state index contributed by atoms with van der Waals surface area (Å²) < 4.78 is 5.23. The number of hydrogen-bond acceptors (Lipinski definition) is 5. The molecule has 1 fully saturated rings. The van der Waals surface area contributed by atoms with Crippen molar-refractivity contribution in [3.63, 3.8) is 0 Å². The van der Waals surface area contributed by atoms with Crippen LogP contribution in [-0.2, 0) is 6.42 Å². The molecule has 1 unspecified atom stereocenters. The van der Waals surface area contributed by atoms with Gasteiger partial charge in [-0.2, -0.15) is 0 Å². The Morgan fingerprint density at radius 1 is 1.35 bits per heavy atom. The summed E-state index contributed by atoms with van der Waals surface area (Å²) in [5.41, 5.74) is 0.820. The summed E-state index contributed by atoms with van der Waals surface area (Å²) in [5, 5.41) is 0. The normalized spacial score (nSPS) is 18.0. The van der Waals surface area contributed by atoms with Gasteiger partial charge in [0.2, 0.25) is 0 Å². The van der Waals surface area contributed by atoms with Crippen LogP contribution in [0.15, 0.2) is 35.2 Å². The molecule has 0 saturated carbocycles. The Morgan fingerprint density at radius 2 is 2.22 bits per heavy atom. The van der Waals surface area contributed by atoms with Crippen LogP contribution in [0.5, 0.6) is 0 Å². The fourth-order valence-electron chi connectivity index (χ4n) is 2.94. The van der Waals surface area contributed by atoms with Crippen LogP contribution in [0.2, 0.25) is 0 Å². The van der Waals surface area contributed by atoms with Gasteiger partial charge >= 0.3 is 0 Å². The second-order valence-electron chi connectivity index (χ2n) is 5.65. The van der Waals surface area contributed by atoms with Crippen LogP contribution < -0.4 is 0 Å². The lowest BCUT2D eigenvalue weighted by Gasteiger charge is -2.31. The number of Topliss-reactive ketones (excluding diaryl/α,β-unsaturated/α-hetero) is 1. The second-order valence-corrected chi connectivity index (χ2v) is 5.65. The Labute approximate surface area is 134 Å². The molecular formula is C17H19N3O3. The Kier molecular flexibility index (Phi) is 4.50. The van der Waals surface area contributed by atoms with Crippen molar-refractivity contribution in [3.8, 4) is 0 Å². The standard InChI is InChI=1S/C17H19N3O3/c1-2-14-15(19-11-23-14)17(22)20-9-5-6-12(10-20)16(21)13-7-3-4-8-18-13/h3-4,7-8,11-12H,2,5-6,9-10H2,1H3. The van der Waals surface area contributed by atoms with Crippen LogP contribution in [0, 0.1) is 5.92 Å². The predicted octanol–water partition coefficient (Wildman–Crippen LogP) is 2.37. The molecule has 1 amide bonds. The van der Waals surface area contributed by atoms with Gasteiger partial charge in [0.15, 0.2) is 17.9 Å². The minimum absolute atomic E-state index is 0.000956. The molecule has 2 aromatic heterocycles. The highest BCUT2D eigenvalue weighted by molar-refractivity contribution is 5.97. The van der Waals surface area contributed by atoms with Crippen molar-refractivity contribution in [2.75, 3.05) is 13.1 Å². The average Bonchev–Trinajstić information content (AvgIpc) is 3.10. The number of likely N-dealkylation sites (tertiary alicyclic amines) is 1. The number of hydrogen-bond donors (Lipinski definition) is 0.